The van der Waals surface area contributed by atoms with E-state index in [0.29, 0.717) is 0 Å². The molecule has 0 radical (unpaired) electrons. The average Bonchev–Trinajstić information content (AvgIpc) is 2.53. The molecule has 2 nitrogen and oxygen atoms in total. The molecule has 2 rings (SSSR count). The first kappa shape index (κ1) is 7.71. The highest BCUT2D eigenvalue weighted by molar-refractivity contribution is 7.16. The maximum Gasteiger partial charge on any atom is 0.123 e. The summed E-state index contributed by atoms with van der Waals surface area (Å²) in [4.78, 5) is 5.40. The summed E-state index contributed by atoms with van der Waals surface area (Å²) in [6.07, 6.45) is 1.87. The molecule has 2 aromatic rings. The van der Waals surface area contributed by atoms with Crippen LogP contribution in [0.3, 0.4) is 0 Å². The third-order valence-electron chi connectivity index (χ3n) is 1.83. The van der Waals surface area contributed by atoms with Gasteiger partial charge in [-0.2, -0.15) is 0 Å². The summed E-state index contributed by atoms with van der Waals surface area (Å²) in [7, 11) is 1.96. The Morgan fingerprint density at radius 3 is 3.25 bits per heavy atom. The standard InChI is InChI=1S/C9H10N2S/c1-10-6-7-2-4-11-9-8(7)3-5-12-9/h2-5,10H,6H2,1H3. The largest absolute Gasteiger partial charge is 0.316 e. The number of aromatic nitrogens is 1. The molecule has 62 valence electrons. The van der Waals surface area contributed by atoms with Crippen LogP contribution in [0.4, 0.5) is 0 Å². The van der Waals surface area contributed by atoms with E-state index in [0.717, 1.165) is 11.4 Å². The van der Waals surface area contributed by atoms with Gasteiger partial charge in [0, 0.05) is 18.1 Å². The molecule has 0 amide bonds. The summed E-state index contributed by atoms with van der Waals surface area (Å²) < 4.78 is 0. The highest BCUT2D eigenvalue weighted by atomic mass is 32.1. The van der Waals surface area contributed by atoms with Crippen molar-refractivity contribution in [1.82, 2.24) is 10.3 Å². The van der Waals surface area contributed by atoms with E-state index in [4.69, 9.17) is 0 Å². The topological polar surface area (TPSA) is 24.9 Å². The Labute approximate surface area is 75.3 Å². The maximum atomic E-state index is 4.27. The zero-order valence-electron chi connectivity index (χ0n) is 6.87. The summed E-state index contributed by atoms with van der Waals surface area (Å²) in [5.74, 6) is 0. The number of pyridine rings is 1. The van der Waals surface area contributed by atoms with Crippen molar-refractivity contribution < 1.29 is 0 Å². The van der Waals surface area contributed by atoms with Gasteiger partial charge >= 0.3 is 0 Å². The molecule has 0 saturated heterocycles. The monoisotopic (exact) mass is 178 g/mol. The van der Waals surface area contributed by atoms with Crippen molar-refractivity contribution >= 4 is 21.6 Å². The van der Waals surface area contributed by atoms with Gasteiger partial charge in [0.05, 0.1) is 0 Å². The maximum absolute atomic E-state index is 4.27. The minimum Gasteiger partial charge on any atom is -0.316 e. The molecule has 0 unspecified atom stereocenters. The first-order valence-corrected chi connectivity index (χ1v) is 4.75. The van der Waals surface area contributed by atoms with Crippen LogP contribution in [-0.2, 0) is 6.54 Å². The van der Waals surface area contributed by atoms with E-state index in [1.807, 2.05) is 13.2 Å². The lowest BCUT2D eigenvalue weighted by atomic mass is 10.2. The molecule has 3 heteroatoms. The van der Waals surface area contributed by atoms with Crippen LogP contribution in [-0.4, -0.2) is 12.0 Å². The SMILES string of the molecule is CNCc1ccnc2sccc12. The van der Waals surface area contributed by atoms with E-state index in [1.165, 1.54) is 10.9 Å². The van der Waals surface area contributed by atoms with E-state index < -0.39 is 0 Å². The minimum atomic E-state index is 0.912. The first-order chi connectivity index (χ1) is 5.92. The molecule has 2 heterocycles. The smallest absolute Gasteiger partial charge is 0.123 e. The van der Waals surface area contributed by atoms with Crippen LogP contribution in [0.1, 0.15) is 5.56 Å². The number of hydrogen-bond donors (Lipinski definition) is 1. The summed E-state index contributed by atoms with van der Waals surface area (Å²) >= 11 is 1.69. The Bertz CT molecular complexity index is 381. The van der Waals surface area contributed by atoms with Crippen LogP contribution in [0.15, 0.2) is 23.7 Å². The molecule has 12 heavy (non-hydrogen) atoms. The van der Waals surface area contributed by atoms with Gasteiger partial charge in [0.15, 0.2) is 0 Å². The second-order valence-corrected chi connectivity index (χ2v) is 3.53. The normalized spacial score (nSPS) is 10.8. The Balaban J connectivity index is 2.57. The average molecular weight is 178 g/mol. The molecule has 0 bridgehead atoms. The molecule has 1 N–H and O–H groups in total. The van der Waals surface area contributed by atoms with Crippen molar-refractivity contribution in [3.05, 3.63) is 29.3 Å². The van der Waals surface area contributed by atoms with Crippen LogP contribution in [0.25, 0.3) is 10.2 Å². The van der Waals surface area contributed by atoms with Gasteiger partial charge < -0.3 is 5.32 Å². The zero-order chi connectivity index (χ0) is 8.39. The predicted molar refractivity (Wildman–Crippen MR) is 52.4 cm³/mol. The molecule has 0 saturated carbocycles. The Morgan fingerprint density at radius 2 is 2.42 bits per heavy atom. The Hall–Kier alpha value is -0.930. The third-order valence-corrected chi connectivity index (χ3v) is 2.65. The molecule has 0 fully saturated rings. The van der Waals surface area contributed by atoms with Crippen molar-refractivity contribution in [2.75, 3.05) is 7.05 Å². The number of thiophene rings is 1. The molecule has 0 spiro atoms. The van der Waals surface area contributed by atoms with Crippen molar-refractivity contribution in [1.29, 1.82) is 0 Å². The van der Waals surface area contributed by atoms with Crippen LogP contribution in [0.2, 0.25) is 0 Å². The summed E-state index contributed by atoms with van der Waals surface area (Å²) in [6, 6.07) is 4.19. The van der Waals surface area contributed by atoms with Crippen LogP contribution >= 0.6 is 11.3 Å². The van der Waals surface area contributed by atoms with Gasteiger partial charge in [-0.1, -0.05) is 0 Å². The molecule has 0 aliphatic heterocycles. The molecule has 2 aromatic heterocycles. The van der Waals surface area contributed by atoms with Crippen molar-refractivity contribution in [3.63, 3.8) is 0 Å². The van der Waals surface area contributed by atoms with Crippen molar-refractivity contribution in [2.45, 2.75) is 6.54 Å². The molecule has 0 aliphatic rings. The van der Waals surface area contributed by atoms with Gasteiger partial charge in [-0.25, -0.2) is 4.98 Å². The second kappa shape index (κ2) is 3.21. The summed E-state index contributed by atoms with van der Waals surface area (Å²) in [6.45, 7) is 0.912. The quantitative estimate of drug-likeness (QED) is 0.761. The molecular weight excluding hydrogens is 168 g/mol. The van der Waals surface area contributed by atoms with Crippen molar-refractivity contribution in [2.24, 2.45) is 0 Å². The Morgan fingerprint density at radius 1 is 1.50 bits per heavy atom. The molecule has 0 atom stereocenters. The molecular formula is C9H10N2S. The van der Waals surface area contributed by atoms with Gasteiger partial charge in [-0.15, -0.1) is 11.3 Å². The van der Waals surface area contributed by atoms with Crippen LogP contribution < -0.4 is 5.32 Å². The van der Waals surface area contributed by atoms with Gasteiger partial charge in [-0.3, -0.25) is 0 Å². The predicted octanol–water partition coefficient (Wildman–Crippen LogP) is 2.02. The van der Waals surface area contributed by atoms with Gasteiger partial charge in [-0.05, 0) is 30.1 Å². The lowest BCUT2D eigenvalue weighted by molar-refractivity contribution is 0.823. The van der Waals surface area contributed by atoms with E-state index in [-0.39, 0.29) is 0 Å². The zero-order valence-corrected chi connectivity index (χ0v) is 7.69. The fraction of sp³-hybridized carbons (Fsp3) is 0.222. The fourth-order valence-electron chi connectivity index (χ4n) is 1.27. The lowest BCUT2D eigenvalue weighted by Gasteiger charge is -1.99. The summed E-state index contributed by atoms with van der Waals surface area (Å²) in [5.41, 5.74) is 1.32. The molecule has 0 aromatic carbocycles. The first-order valence-electron chi connectivity index (χ1n) is 3.87. The van der Waals surface area contributed by atoms with E-state index in [2.05, 4.69) is 27.8 Å². The lowest BCUT2D eigenvalue weighted by Crippen LogP contribution is -2.05. The van der Waals surface area contributed by atoms with Crippen LogP contribution in [0, 0.1) is 0 Å². The third kappa shape index (κ3) is 1.21. The fourth-order valence-corrected chi connectivity index (χ4v) is 2.06. The Kier molecular flexibility index (Phi) is 2.06. The number of hydrogen-bond acceptors (Lipinski definition) is 3. The van der Waals surface area contributed by atoms with Crippen molar-refractivity contribution in [3.8, 4) is 0 Å². The van der Waals surface area contributed by atoms with Gasteiger partial charge in [0.2, 0.25) is 0 Å². The van der Waals surface area contributed by atoms with E-state index in [9.17, 15) is 0 Å². The highest BCUT2D eigenvalue weighted by Crippen LogP contribution is 2.21. The number of nitrogens with one attached hydrogen (secondary N) is 1. The van der Waals surface area contributed by atoms with Gasteiger partial charge in [0.1, 0.15) is 4.83 Å². The summed E-state index contributed by atoms with van der Waals surface area (Å²) in [5, 5.41) is 6.50. The van der Waals surface area contributed by atoms with Gasteiger partial charge in [0.25, 0.3) is 0 Å². The van der Waals surface area contributed by atoms with Crippen LogP contribution in [0.5, 0.6) is 0 Å². The van der Waals surface area contributed by atoms with E-state index >= 15 is 0 Å². The second-order valence-electron chi connectivity index (χ2n) is 2.64. The number of fused-ring (bicyclic) bond motifs is 1. The number of rotatable bonds is 2. The highest BCUT2D eigenvalue weighted by Gasteiger charge is 2.00. The number of nitrogens with zero attached hydrogens (tertiary/aromatic N) is 1. The molecule has 0 aliphatic carbocycles. The van der Waals surface area contributed by atoms with E-state index in [1.54, 1.807) is 11.3 Å². The minimum absolute atomic E-state index is 0.912.